The zero-order valence-corrected chi connectivity index (χ0v) is 41.2. The molecule has 0 bridgehead atoms. The summed E-state index contributed by atoms with van der Waals surface area (Å²) in [6, 6.07) is 0. The summed E-state index contributed by atoms with van der Waals surface area (Å²) >= 11 is 0. The van der Waals surface area contributed by atoms with Gasteiger partial charge in [-0.3, -0.25) is 9.59 Å². The molecule has 6 fully saturated rings. The fourth-order valence-corrected chi connectivity index (χ4v) is 13.5. The van der Waals surface area contributed by atoms with Crippen LogP contribution in [0.5, 0.6) is 0 Å². The van der Waals surface area contributed by atoms with Crippen LogP contribution >= 0.6 is 0 Å². The molecular weight excluding hydrogens is 861 g/mol. The van der Waals surface area contributed by atoms with Crippen molar-refractivity contribution in [3.05, 3.63) is 11.6 Å². The SMILES string of the molecule is CO[C@H]1[C@H](O)[C@H](O[C@H]2[C@H](C)O[C@H](O[C@H]3[C@@H](C)O[C@@H](O[C@H]4CC[C@@]5(C)C(=CC[C@@H]6[C@H]5[C@@H](OC(C)=O)[C@H](OC(=O)CC(C)C)[C@@]5(C)[C@H]([C@H](C)O)CC[C@]65O)C4)C[C@H]3OC)C[C@@H]2OC)O[C@@H](C)[C@H]1O. The van der Waals surface area contributed by atoms with E-state index < -0.39 is 127 Å². The van der Waals surface area contributed by atoms with E-state index in [1.807, 2.05) is 34.6 Å². The van der Waals surface area contributed by atoms with Gasteiger partial charge in [0.1, 0.15) is 42.7 Å². The lowest BCUT2D eigenvalue weighted by Crippen LogP contribution is -2.72. The van der Waals surface area contributed by atoms with E-state index in [1.54, 1.807) is 28.1 Å². The molecule has 0 aromatic heterocycles. The number of carbonyl (C=O) groups is 2. The standard InChI is InChI=1S/C49H80O17/c1-23(2)19-35(52)64-45-43(62-28(7)51)38-32(49(55)18-16-31(24(3)50)48(45,49)9)14-13-29-20-30(15-17-47(29,38)8)63-36-21-33(56-10)41(26(5)59-36)65-37-22-34(57-11)42(27(6)60-37)66-46-40(54)44(58-12)39(53)25(4)61-46/h13,23-27,30-34,36-46,50,53-55H,14-22H2,1-12H3/t24-,25-,26+,27-,30-,31-,32+,33+,34-,36-,37+,38-,39+,40-,41-,42-,43+,44+,45-,46-,47-,48+,49-/m0/s1. The normalized spacial score (nSPS) is 48.7. The first-order valence-corrected chi connectivity index (χ1v) is 24.5. The van der Waals surface area contributed by atoms with Crippen LogP contribution in [0.1, 0.15) is 120 Å². The van der Waals surface area contributed by atoms with Crippen molar-refractivity contribution in [2.75, 3.05) is 21.3 Å². The summed E-state index contributed by atoms with van der Waals surface area (Å²) in [5.74, 6) is -1.90. The molecular formula is C49H80O17. The van der Waals surface area contributed by atoms with Crippen LogP contribution in [-0.2, 0) is 61.7 Å². The Kier molecular flexibility index (Phi) is 16.1. The van der Waals surface area contributed by atoms with Crippen LogP contribution in [0.25, 0.3) is 0 Å². The maximum Gasteiger partial charge on any atom is 0.306 e. The summed E-state index contributed by atoms with van der Waals surface area (Å²) in [7, 11) is 4.64. The first-order chi connectivity index (χ1) is 31.1. The summed E-state index contributed by atoms with van der Waals surface area (Å²) < 4.78 is 68.3. The predicted octanol–water partition coefficient (Wildman–Crippen LogP) is 4.11. The molecule has 3 saturated heterocycles. The molecule has 0 radical (unpaired) electrons. The largest absolute Gasteiger partial charge is 0.458 e. The molecule has 3 heterocycles. The molecule has 0 aromatic carbocycles. The third-order valence-corrected chi connectivity index (χ3v) is 16.9. The molecule has 17 heteroatoms. The van der Waals surface area contributed by atoms with Gasteiger partial charge in [-0.15, -0.1) is 0 Å². The van der Waals surface area contributed by atoms with Gasteiger partial charge in [-0.1, -0.05) is 39.3 Å². The van der Waals surface area contributed by atoms with Gasteiger partial charge in [0, 0.05) is 58.8 Å². The van der Waals surface area contributed by atoms with Crippen LogP contribution < -0.4 is 0 Å². The topological polar surface area (TPSA) is 217 Å². The Morgan fingerprint density at radius 3 is 1.98 bits per heavy atom. The number of carbonyl (C=O) groups excluding carboxylic acids is 2. The van der Waals surface area contributed by atoms with Crippen molar-refractivity contribution in [1.82, 2.24) is 0 Å². The Bertz CT molecular complexity index is 1710. The lowest BCUT2D eigenvalue weighted by Gasteiger charge is -2.65. The second kappa shape index (κ2) is 20.5. The highest BCUT2D eigenvalue weighted by molar-refractivity contribution is 5.70. The molecule has 7 rings (SSSR count). The molecule has 3 aliphatic heterocycles. The number of methoxy groups -OCH3 is 3. The van der Waals surface area contributed by atoms with Gasteiger partial charge in [-0.2, -0.15) is 0 Å². The Morgan fingerprint density at radius 1 is 0.788 bits per heavy atom. The Labute approximate surface area is 390 Å². The van der Waals surface area contributed by atoms with Crippen LogP contribution in [0.3, 0.4) is 0 Å². The maximum absolute atomic E-state index is 13.6. The average Bonchev–Trinajstić information content (AvgIpc) is 3.53. The van der Waals surface area contributed by atoms with E-state index >= 15 is 0 Å². The highest BCUT2D eigenvalue weighted by Crippen LogP contribution is 2.69. The molecule has 23 atom stereocenters. The molecule has 0 spiro atoms. The van der Waals surface area contributed by atoms with Gasteiger partial charge < -0.3 is 72.5 Å². The summed E-state index contributed by atoms with van der Waals surface area (Å²) in [6.07, 6.45) is -5.25. The van der Waals surface area contributed by atoms with E-state index in [2.05, 4.69) is 13.0 Å². The summed E-state index contributed by atoms with van der Waals surface area (Å²) in [5, 5.41) is 45.5. The quantitative estimate of drug-likeness (QED) is 0.142. The second-order valence-electron chi connectivity index (χ2n) is 21.3. The highest BCUT2D eigenvalue weighted by Gasteiger charge is 2.75. The summed E-state index contributed by atoms with van der Waals surface area (Å²) in [6.45, 7) is 16.6. The van der Waals surface area contributed by atoms with Gasteiger partial charge in [0.05, 0.1) is 48.3 Å². The minimum Gasteiger partial charge on any atom is -0.458 e. The second-order valence-corrected chi connectivity index (χ2v) is 21.3. The minimum absolute atomic E-state index is 0.0361. The number of rotatable bonds is 14. The minimum atomic E-state index is -1.29. The van der Waals surface area contributed by atoms with Crippen molar-refractivity contribution in [2.24, 2.45) is 34.5 Å². The Hall–Kier alpha value is -1.84. The smallest absolute Gasteiger partial charge is 0.306 e. The monoisotopic (exact) mass is 941 g/mol. The van der Waals surface area contributed by atoms with Gasteiger partial charge in [0.25, 0.3) is 0 Å². The van der Waals surface area contributed by atoms with Crippen molar-refractivity contribution in [3.8, 4) is 0 Å². The zero-order chi connectivity index (χ0) is 48.2. The average molecular weight is 941 g/mol. The Balaban J connectivity index is 1.02. The van der Waals surface area contributed by atoms with Crippen LogP contribution in [0.2, 0.25) is 0 Å². The number of aliphatic hydroxyl groups is 4. The van der Waals surface area contributed by atoms with E-state index in [4.69, 9.17) is 52.1 Å². The molecule has 7 aliphatic rings. The third kappa shape index (κ3) is 9.53. The number of ether oxygens (including phenoxy) is 11. The van der Waals surface area contributed by atoms with Gasteiger partial charge in [-0.05, 0) is 89.4 Å². The molecule has 0 unspecified atom stereocenters. The number of aliphatic hydroxyl groups excluding tert-OH is 3. The van der Waals surface area contributed by atoms with E-state index in [0.717, 1.165) is 5.57 Å². The van der Waals surface area contributed by atoms with Gasteiger partial charge in [0.15, 0.2) is 18.9 Å². The number of hydrogen-bond acceptors (Lipinski definition) is 17. The van der Waals surface area contributed by atoms with E-state index in [-0.39, 0.29) is 36.2 Å². The summed E-state index contributed by atoms with van der Waals surface area (Å²) in [5.41, 5.74) is -1.71. The fourth-order valence-electron chi connectivity index (χ4n) is 13.5. The van der Waals surface area contributed by atoms with Gasteiger partial charge in [0.2, 0.25) is 0 Å². The van der Waals surface area contributed by atoms with Crippen molar-refractivity contribution >= 4 is 11.9 Å². The molecule has 17 nitrogen and oxygen atoms in total. The van der Waals surface area contributed by atoms with E-state index in [1.165, 1.54) is 14.0 Å². The summed E-state index contributed by atoms with van der Waals surface area (Å²) in [4.78, 5) is 26.6. The van der Waals surface area contributed by atoms with Gasteiger partial charge in [-0.25, -0.2) is 0 Å². The molecule has 4 N–H and O–H groups in total. The molecule has 4 aliphatic carbocycles. The van der Waals surface area contributed by atoms with Crippen LogP contribution in [0.4, 0.5) is 0 Å². The lowest BCUT2D eigenvalue weighted by molar-refractivity contribution is -0.352. The van der Waals surface area contributed by atoms with Crippen molar-refractivity contribution in [2.45, 2.75) is 230 Å². The molecule has 378 valence electrons. The van der Waals surface area contributed by atoms with Gasteiger partial charge >= 0.3 is 11.9 Å². The van der Waals surface area contributed by atoms with E-state index in [9.17, 15) is 30.0 Å². The number of hydrogen-bond donors (Lipinski definition) is 4. The van der Waals surface area contributed by atoms with Crippen LogP contribution in [0.15, 0.2) is 11.6 Å². The van der Waals surface area contributed by atoms with Crippen LogP contribution in [-0.4, -0.2) is 164 Å². The molecule has 3 saturated carbocycles. The van der Waals surface area contributed by atoms with Crippen molar-refractivity contribution in [1.29, 1.82) is 0 Å². The lowest BCUT2D eigenvalue weighted by atomic mass is 9.43. The molecule has 0 amide bonds. The van der Waals surface area contributed by atoms with Crippen LogP contribution in [0, 0.1) is 34.5 Å². The predicted molar refractivity (Wildman–Crippen MR) is 235 cm³/mol. The molecule has 0 aromatic rings. The van der Waals surface area contributed by atoms with Crippen molar-refractivity contribution < 1.29 is 82.1 Å². The highest BCUT2D eigenvalue weighted by atomic mass is 16.8. The zero-order valence-electron chi connectivity index (χ0n) is 41.2. The number of fused-ring (bicyclic) bond motifs is 5. The molecule has 66 heavy (non-hydrogen) atoms. The Morgan fingerprint density at radius 2 is 1.41 bits per heavy atom. The first kappa shape index (κ1) is 52.0. The number of esters is 2. The first-order valence-electron chi connectivity index (χ1n) is 24.5. The van der Waals surface area contributed by atoms with E-state index in [0.29, 0.717) is 51.4 Å². The van der Waals surface area contributed by atoms with Crippen molar-refractivity contribution in [3.63, 3.8) is 0 Å². The number of allylic oxidation sites excluding steroid dienone is 1. The maximum atomic E-state index is 13.6. The third-order valence-electron chi connectivity index (χ3n) is 16.9. The fraction of sp³-hybridized carbons (Fsp3) is 0.918.